The van der Waals surface area contributed by atoms with E-state index in [1.807, 2.05) is 12.1 Å². The molecule has 1 aromatic carbocycles. The molecule has 0 N–H and O–H groups in total. The van der Waals surface area contributed by atoms with E-state index in [-0.39, 0.29) is 5.52 Å². The van der Waals surface area contributed by atoms with Gasteiger partial charge in [0.1, 0.15) is 29.3 Å². The van der Waals surface area contributed by atoms with Crippen molar-refractivity contribution in [2.75, 3.05) is 67.2 Å². The fraction of sp³-hybridized carbons (Fsp3) is 0.381. The first kappa shape index (κ1) is 18.9. The molecule has 0 spiro atoms. The molecule has 2 aliphatic heterocycles. The van der Waals surface area contributed by atoms with Crippen molar-refractivity contribution >= 4 is 28.2 Å². The van der Waals surface area contributed by atoms with Crippen LogP contribution in [0.2, 0.25) is 0 Å². The Bertz CT molecular complexity index is 1050. The number of aromatic nitrogens is 3. The zero-order valence-corrected chi connectivity index (χ0v) is 16.5. The molecular formula is C21H22F2N6O. The molecule has 0 atom stereocenters. The topological polar surface area (TPSA) is 57.6 Å². The molecule has 2 aromatic heterocycles. The van der Waals surface area contributed by atoms with Crippen LogP contribution in [0.25, 0.3) is 10.9 Å². The van der Waals surface area contributed by atoms with Gasteiger partial charge in [-0.05, 0) is 12.1 Å². The minimum absolute atomic E-state index is 0.197. The molecule has 0 saturated carbocycles. The lowest BCUT2D eigenvalue weighted by Gasteiger charge is -2.37. The van der Waals surface area contributed by atoms with Crippen molar-refractivity contribution in [1.82, 2.24) is 15.0 Å². The number of piperazine rings is 1. The average Bonchev–Trinajstić information content (AvgIpc) is 2.79. The van der Waals surface area contributed by atoms with Gasteiger partial charge in [0, 0.05) is 68.7 Å². The molecule has 7 nitrogen and oxygen atoms in total. The third-order valence-electron chi connectivity index (χ3n) is 5.66. The molecule has 2 aliphatic rings. The normalized spacial score (nSPS) is 17.6. The number of ether oxygens (including phenoxy) is 1. The number of benzene rings is 1. The van der Waals surface area contributed by atoms with Crippen LogP contribution in [0.3, 0.4) is 0 Å². The minimum Gasteiger partial charge on any atom is -0.378 e. The van der Waals surface area contributed by atoms with E-state index >= 15 is 0 Å². The number of pyridine rings is 1. The van der Waals surface area contributed by atoms with Crippen molar-refractivity contribution < 1.29 is 13.5 Å². The standard InChI is InChI=1S/C21H22F2N6O/c22-15-11-16-18(1-2-24-21(16)17(23)12-15)27-3-5-28(6-4-27)19-13-20(26-14-25-19)29-7-9-30-10-8-29/h1-2,11-14H,3-10H2. The second kappa shape index (κ2) is 7.98. The zero-order chi connectivity index (χ0) is 20.5. The van der Waals surface area contributed by atoms with E-state index in [2.05, 4.69) is 29.7 Å². The number of halogens is 2. The fourth-order valence-electron chi connectivity index (χ4n) is 4.09. The highest BCUT2D eigenvalue weighted by Crippen LogP contribution is 2.29. The smallest absolute Gasteiger partial charge is 0.152 e. The number of fused-ring (bicyclic) bond motifs is 1. The highest BCUT2D eigenvalue weighted by molar-refractivity contribution is 5.92. The van der Waals surface area contributed by atoms with Crippen LogP contribution in [-0.2, 0) is 4.74 Å². The fourth-order valence-corrected chi connectivity index (χ4v) is 4.09. The van der Waals surface area contributed by atoms with Crippen molar-refractivity contribution in [2.45, 2.75) is 0 Å². The van der Waals surface area contributed by atoms with Gasteiger partial charge >= 0.3 is 0 Å². The van der Waals surface area contributed by atoms with E-state index in [0.29, 0.717) is 31.7 Å². The van der Waals surface area contributed by atoms with Gasteiger partial charge in [-0.25, -0.2) is 18.7 Å². The van der Waals surface area contributed by atoms with Gasteiger partial charge in [0.2, 0.25) is 0 Å². The summed E-state index contributed by atoms with van der Waals surface area (Å²) in [4.78, 5) is 19.5. The van der Waals surface area contributed by atoms with Gasteiger partial charge in [-0.15, -0.1) is 0 Å². The monoisotopic (exact) mass is 412 g/mol. The SMILES string of the molecule is Fc1cc(F)c2nccc(N3CCN(c4cc(N5CCOCC5)ncn4)CC3)c2c1. The highest BCUT2D eigenvalue weighted by Gasteiger charge is 2.22. The number of nitrogens with zero attached hydrogens (tertiary/aromatic N) is 6. The highest BCUT2D eigenvalue weighted by atomic mass is 19.1. The van der Waals surface area contributed by atoms with Crippen LogP contribution in [0.5, 0.6) is 0 Å². The summed E-state index contributed by atoms with van der Waals surface area (Å²) in [5.41, 5.74) is 0.997. The molecule has 30 heavy (non-hydrogen) atoms. The first-order valence-electron chi connectivity index (χ1n) is 10.1. The predicted octanol–water partition coefficient (Wildman–Crippen LogP) is 2.47. The van der Waals surface area contributed by atoms with Crippen molar-refractivity contribution in [2.24, 2.45) is 0 Å². The Morgan fingerprint density at radius 2 is 1.43 bits per heavy atom. The molecule has 0 aliphatic carbocycles. The van der Waals surface area contributed by atoms with Gasteiger partial charge in [0.05, 0.1) is 13.2 Å². The molecule has 2 saturated heterocycles. The van der Waals surface area contributed by atoms with Gasteiger partial charge in [0.15, 0.2) is 5.82 Å². The van der Waals surface area contributed by atoms with Crippen LogP contribution in [0.15, 0.2) is 36.8 Å². The molecule has 2 fully saturated rings. The predicted molar refractivity (Wildman–Crippen MR) is 111 cm³/mol. The minimum atomic E-state index is -0.637. The van der Waals surface area contributed by atoms with Gasteiger partial charge in [-0.3, -0.25) is 4.98 Å². The Hall–Kier alpha value is -3.07. The molecule has 0 radical (unpaired) electrons. The summed E-state index contributed by atoms with van der Waals surface area (Å²) < 4.78 is 33.3. The lowest BCUT2D eigenvalue weighted by molar-refractivity contribution is 0.122. The van der Waals surface area contributed by atoms with Crippen molar-refractivity contribution in [1.29, 1.82) is 0 Å². The van der Waals surface area contributed by atoms with E-state index in [9.17, 15) is 8.78 Å². The second-order valence-electron chi connectivity index (χ2n) is 7.42. The van der Waals surface area contributed by atoms with Crippen molar-refractivity contribution in [3.8, 4) is 0 Å². The molecule has 3 aromatic rings. The number of rotatable bonds is 3. The van der Waals surface area contributed by atoms with E-state index in [1.165, 1.54) is 6.07 Å². The summed E-state index contributed by atoms with van der Waals surface area (Å²) in [5.74, 6) is 0.575. The summed E-state index contributed by atoms with van der Waals surface area (Å²) in [7, 11) is 0. The van der Waals surface area contributed by atoms with Crippen LogP contribution in [-0.4, -0.2) is 67.4 Å². The summed E-state index contributed by atoms with van der Waals surface area (Å²) >= 11 is 0. The number of morpholine rings is 1. The Kier molecular flexibility index (Phi) is 5.04. The Balaban J connectivity index is 1.33. The van der Waals surface area contributed by atoms with Gasteiger partial charge in [-0.2, -0.15) is 0 Å². The number of anilines is 3. The third kappa shape index (κ3) is 3.60. The summed E-state index contributed by atoms with van der Waals surface area (Å²) in [5, 5.41) is 0.500. The maximum absolute atomic E-state index is 14.1. The molecule has 5 rings (SSSR count). The van der Waals surface area contributed by atoms with Crippen molar-refractivity contribution in [3.05, 3.63) is 48.4 Å². The first-order valence-corrected chi connectivity index (χ1v) is 10.1. The van der Waals surface area contributed by atoms with Crippen molar-refractivity contribution in [3.63, 3.8) is 0 Å². The Morgan fingerprint density at radius 3 is 2.17 bits per heavy atom. The van der Waals surface area contributed by atoms with E-state index in [0.717, 1.165) is 49.6 Å². The molecule has 156 valence electrons. The molecule has 0 bridgehead atoms. The number of hydrogen-bond acceptors (Lipinski definition) is 7. The van der Waals surface area contributed by atoms with Crippen LogP contribution in [0, 0.1) is 11.6 Å². The zero-order valence-electron chi connectivity index (χ0n) is 16.5. The van der Waals surface area contributed by atoms with Gasteiger partial charge in [0.25, 0.3) is 0 Å². The summed E-state index contributed by atoms with van der Waals surface area (Å²) in [6, 6.07) is 6.07. The van der Waals surface area contributed by atoms with Crippen LogP contribution in [0.1, 0.15) is 0 Å². The van der Waals surface area contributed by atoms with E-state index < -0.39 is 11.6 Å². The van der Waals surface area contributed by atoms with E-state index in [4.69, 9.17) is 4.74 Å². The van der Waals surface area contributed by atoms with Crippen LogP contribution >= 0.6 is 0 Å². The lowest BCUT2D eigenvalue weighted by Crippen LogP contribution is -2.47. The largest absolute Gasteiger partial charge is 0.378 e. The maximum Gasteiger partial charge on any atom is 0.152 e. The summed E-state index contributed by atoms with van der Waals surface area (Å²) in [6.45, 7) is 6.00. The summed E-state index contributed by atoms with van der Waals surface area (Å²) in [6.07, 6.45) is 3.18. The Morgan fingerprint density at radius 1 is 0.767 bits per heavy atom. The molecule has 0 amide bonds. The molecular weight excluding hydrogens is 390 g/mol. The molecule has 0 unspecified atom stereocenters. The lowest BCUT2D eigenvalue weighted by atomic mass is 10.1. The first-order chi connectivity index (χ1) is 14.7. The molecule has 4 heterocycles. The second-order valence-corrected chi connectivity index (χ2v) is 7.42. The quantitative estimate of drug-likeness (QED) is 0.655. The van der Waals surface area contributed by atoms with Crippen LogP contribution in [0.4, 0.5) is 26.1 Å². The van der Waals surface area contributed by atoms with E-state index in [1.54, 1.807) is 12.5 Å². The number of hydrogen-bond donors (Lipinski definition) is 0. The maximum atomic E-state index is 14.1. The average molecular weight is 412 g/mol. The Labute approximate surface area is 172 Å². The van der Waals surface area contributed by atoms with Gasteiger partial charge in [-0.1, -0.05) is 0 Å². The van der Waals surface area contributed by atoms with Gasteiger partial charge < -0.3 is 19.4 Å². The van der Waals surface area contributed by atoms with Crippen LogP contribution < -0.4 is 14.7 Å². The molecule has 9 heteroatoms. The third-order valence-corrected chi connectivity index (χ3v) is 5.66.